The van der Waals surface area contributed by atoms with Crippen molar-refractivity contribution in [3.05, 3.63) is 21.5 Å². The first-order valence-electron chi connectivity index (χ1n) is 6.78. The smallest absolute Gasteiger partial charge is 0.201 e. The summed E-state index contributed by atoms with van der Waals surface area (Å²) in [4.78, 5) is 6.72. The quantitative estimate of drug-likeness (QED) is 0.765. The third-order valence-electron chi connectivity index (χ3n) is 4.15. The molecule has 1 aromatic carbocycles. The van der Waals surface area contributed by atoms with Gasteiger partial charge in [0.15, 0.2) is 0 Å². The van der Waals surface area contributed by atoms with Crippen LogP contribution < -0.4 is 5.73 Å². The number of nitrogens with two attached hydrogens (primary N) is 1. The molecule has 2 atom stereocenters. The number of imidazole rings is 1. The lowest BCUT2D eigenvalue weighted by Gasteiger charge is -2.36. The first-order valence-corrected chi connectivity index (χ1v) is 7.86. The van der Waals surface area contributed by atoms with Crippen LogP contribution in [0.15, 0.2) is 12.1 Å². The normalized spacial score (nSPS) is 24.4. The minimum atomic E-state index is -0.208. The number of hydrogen-bond donors (Lipinski definition) is 1. The Hall–Kier alpha value is -0.890. The number of anilines is 1. The highest BCUT2D eigenvalue weighted by Crippen LogP contribution is 2.34. The van der Waals surface area contributed by atoms with Crippen LogP contribution in [0.25, 0.3) is 11.0 Å². The van der Waals surface area contributed by atoms with E-state index in [0.29, 0.717) is 15.4 Å². The fourth-order valence-corrected chi connectivity index (χ4v) is 3.63. The zero-order valence-corrected chi connectivity index (χ0v) is 13.8. The van der Waals surface area contributed by atoms with Crippen molar-refractivity contribution in [2.45, 2.75) is 19.4 Å². The Morgan fingerprint density at radius 2 is 2.20 bits per heavy atom. The number of nitrogen functional groups attached to an aromatic ring is 1. The SMILES string of the molecule is CC1CN(C)CCC1n1c(N)nc2cc(I)c(F)cc21. The van der Waals surface area contributed by atoms with Gasteiger partial charge in [-0.05, 0) is 54.6 Å². The molecule has 2 unspecified atom stereocenters. The molecule has 1 fully saturated rings. The van der Waals surface area contributed by atoms with Crippen molar-refractivity contribution in [3.8, 4) is 0 Å². The fourth-order valence-electron chi connectivity index (χ4n) is 3.18. The third-order valence-corrected chi connectivity index (χ3v) is 4.98. The summed E-state index contributed by atoms with van der Waals surface area (Å²) in [6.45, 7) is 4.27. The zero-order valence-electron chi connectivity index (χ0n) is 11.6. The fraction of sp³-hybridized carbons (Fsp3) is 0.500. The largest absolute Gasteiger partial charge is 0.369 e. The average Bonchev–Trinajstić information content (AvgIpc) is 2.66. The second-order valence-electron chi connectivity index (χ2n) is 5.69. The molecule has 2 N–H and O–H groups in total. The predicted octanol–water partition coefficient (Wildman–Crippen LogP) is 2.87. The molecule has 0 spiro atoms. The standard InChI is InChI=1S/C14H18FIN4/c1-8-7-19(2)4-3-12(8)20-13-5-9(15)10(16)6-11(13)18-14(20)17/h5-6,8,12H,3-4,7H2,1-2H3,(H2,17,18). The Kier molecular flexibility index (Phi) is 3.62. The highest BCUT2D eigenvalue weighted by Gasteiger charge is 2.28. The molecular formula is C14H18FIN4. The summed E-state index contributed by atoms with van der Waals surface area (Å²) in [5.41, 5.74) is 7.68. The molecule has 1 aliphatic rings. The molecule has 0 aliphatic carbocycles. The van der Waals surface area contributed by atoms with Crippen molar-refractivity contribution in [1.82, 2.24) is 14.5 Å². The van der Waals surface area contributed by atoms with E-state index in [2.05, 4.69) is 23.9 Å². The molecule has 0 bridgehead atoms. The van der Waals surface area contributed by atoms with E-state index < -0.39 is 0 Å². The number of halogens is 2. The van der Waals surface area contributed by atoms with E-state index >= 15 is 0 Å². The number of fused-ring (bicyclic) bond motifs is 1. The molecule has 2 aromatic rings. The van der Waals surface area contributed by atoms with E-state index in [9.17, 15) is 4.39 Å². The Bertz CT molecular complexity index is 654. The number of benzene rings is 1. The summed E-state index contributed by atoms with van der Waals surface area (Å²) in [5.74, 6) is 0.749. The molecule has 3 rings (SSSR count). The van der Waals surface area contributed by atoms with Crippen LogP contribution in [0.1, 0.15) is 19.4 Å². The number of rotatable bonds is 1. The maximum absolute atomic E-state index is 13.9. The minimum Gasteiger partial charge on any atom is -0.369 e. The molecule has 6 heteroatoms. The Labute approximate surface area is 131 Å². The number of hydrogen-bond acceptors (Lipinski definition) is 3. The van der Waals surface area contributed by atoms with Crippen molar-refractivity contribution in [1.29, 1.82) is 0 Å². The van der Waals surface area contributed by atoms with Crippen LogP contribution in [0, 0.1) is 15.3 Å². The highest BCUT2D eigenvalue weighted by molar-refractivity contribution is 14.1. The maximum Gasteiger partial charge on any atom is 0.201 e. The lowest BCUT2D eigenvalue weighted by atomic mass is 9.94. The van der Waals surface area contributed by atoms with Gasteiger partial charge in [0.05, 0.1) is 14.6 Å². The highest BCUT2D eigenvalue weighted by atomic mass is 127. The monoisotopic (exact) mass is 388 g/mol. The molecule has 2 heterocycles. The van der Waals surface area contributed by atoms with Crippen LogP contribution in [-0.2, 0) is 0 Å². The molecular weight excluding hydrogens is 370 g/mol. The van der Waals surface area contributed by atoms with Gasteiger partial charge in [-0.15, -0.1) is 0 Å². The Balaban J connectivity index is 2.11. The van der Waals surface area contributed by atoms with E-state index in [4.69, 9.17) is 5.73 Å². The van der Waals surface area contributed by atoms with Crippen LogP contribution in [-0.4, -0.2) is 34.6 Å². The molecule has 108 valence electrons. The maximum atomic E-state index is 13.9. The number of likely N-dealkylation sites (tertiary alicyclic amines) is 1. The minimum absolute atomic E-state index is 0.208. The number of piperidine rings is 1. The van der Waals surface area contributed by atoms with Gasteiger partial charge >= 0.3 is 0 Å². The van der Waals surface area contributed by atoms with Crippen molar-refractivity contribution >= 4 is 39.6 Å². The van der Waals surface area contributed by atoms with E-state index in [-0.39, 0.29) is 11.9 Å². The topological polar surface area (TPSA) is 47.1 Å². The molecule has 0 amide bonds. The average molecular weight is 388 g/mol. The second kappa shape index (κ2) is 5.14. The van der Waals surface area contributed by atoms with Gasteiger partial charge in [0, 0.05) is 18.7 Å². The molecule has 1 aliphatic heterocycles. The lowest BCUT2D eigenvalue weighted by Crippen LogP contribution is -2.38. The van der Waals surface area contributed by atoms with Crippen LogP contribution in [0.2, 0.25) is 0 Å². The summed E-state index contributed by atoms with van der Waals surface area (Å²) < 4.78 is 16.5. The molecule has 20 heavy (non-hydrogen) atoms. The van der Waals surface area contributed by atoms with Gasteiger partial charge in [-0.25, -0.2) is 9.37 Å². The van der Waals surface area contributed by atoms with Gasteiger partial charge in [-0.3, -0.25) is 0 Å². The Morgan fingerprint density at radius 3 is 2.90 bits per heavy atom. The van der Waals surface area contributed by atoms with Gasteiger partial charge in [-0.2, -0.15) is 0 Å². The third kappa shape index (κ3) is 2.28. The van der Waals surface area contributed by atoms with Crippen LogP contribution in [0.3, 0.4) is 0 Å². The molecule has 1 saturated heterocycles. The summed E-state index contributed by atoms with van der Waals surface area (Å²) >= 11 is 1.98. The van der Waals surface area contributed by atoms with Crippen LogP contribution >= 0.6 is 22.6 Å². The number of aromatic nitrogens is 2. The van der Waals surface area contributed by atoms with Crippen LogP contribution in [0.4, 0.5) is 10.3 Å². The van der Waals surface area contributed by atoms with Gasteiger partial charge in [0.2, 0.25) is 5.95 Å². The van der Waals surface area contributed by atoms with E-state index in [1.165, 1.54) is 0 Å². The predicted molar refractivity (Wildman–Crippen MR) is 87.1 cm³/mol. The summed E-state index contributed by atoms with van der Waals surface area (Å²) in [6, 6.07) is 3.61. The van der Waals surface area contributed by atoms with E-state index in [1.807, 2.05) is 27.2 Å². The summed E-state index contributed by atoms with van der Waals surface area (Å²) in [7, 11) is 2.13. The molecule has 0 radical (unpaired) electrons. The first kappa shape index (κ1) is 14.1. The van der Waals surface area contributed by atoms with E-state index in [0.717, 1.165) is 30.5 Å². The molecule has 4 nitrogen and oxygen atoms in total. The lowest BCUT2D eigenvalue weighted by molar-refractivity contribution is 0.162. The zero-order chi connectivity index (χ0) is 14.4. The van der Waals surface area contributed by atoms with Crippen molar-refractivity contribution < 1.29 is 4.39 Å². The van der Waals surface area contributed by atoms with Gasteiger partial charge in [0.1, 0.15) is 5.82 Å². The van der Waals surface area contributed by atoms with Gasteiger partial charge in [-0.1, -0.05) is 6.92 Å². The van der Waals surface area contributed by atoms with Gasteiger partial charge < -0.3 is 15.2 Å². The summed E-state index contributed by atoms with van der Waals surface area (Å²) in [5, 5.41) is 0. The Morgan fingerprint density at radius 1 is 1.45 bits per heavy atom. The van der Waals surface area contributed by atoms with Crippen molar-refractivity contribution in [2.75, 3.05) is 25.9 Å². The number of nitrogens with zero attached hydrogens (tertiary/aromatic N) is 3. The summed E-state index contributed by atoms with van der Waals surface area (Å²) in [6.07, 6.45) is 1.01. The van der Waals surface area contributed by atoms with E-state index in [1.54, 1.807) is 12.1 Å². The molecule has 0 saturated carbocycles. The first-order chi connectivity index (χ1) is 9.47. The molecule has 1 aromatic heterocycles. The second-order valence-corrected chi connectivity index (χ2v) is 6.85. The van der Waals surface area contributed by atoms with Crippen molar-refractivity contribution in [2.24, 2.45) is 5.92 Å². The van der Waals surface area contributed by atoms with Crippen molar-refractivity contribution in [3.63, 3.8) is 0 Å². The van der Waals surface area contributed by atoms with Crippen LogP contribution in [0.5, 0.6) is 0 Å². The van der Waals surface area contributed by atoms with Gasteiger partial charge in [0.25, 0.3) is 0 Å².